The van der Waals surface area contributed by atoms with Crippen molar-refractivity contribution in [1.29, 1.82) is 0 Å². The van der Waals surface area contributed by atoms with Gasteiger partial charge in [-0.15, -0.1) is 0 Å². The van der Waals surface area contributed by atoms with Gasteiger partial charge in [0.05, 0.1) is 19.3 Å². The summed E-state index contributed by atoms with van der Waals surface area (Å²) in [5, 5.41) is 8.27. The van der Waals surface area contributed by atoms with Crippen LogP contribution in [0, 0.1) is 0 Å². The molecule has 54 valence electrons. The summed E-state index contributed by atoms with van der Waals surface area (Å²) in [5.74, 6) is 0. The fourth-order valence-corrected chi connectivity index (χ4v) is 1.28. The molecule has 3 atom stereocenters. The van der Waals surface area contributed by atoms with Gasteiger partial charge in [-0.1, -0.05) is 0 Å². The Kier molecular flexibility index (Phi) is 2.18. The fourth-order valence-electron chi connectivity index (χ4n) is 0.716. The second-order valence-electron chi connectivity index (χ2n) is 1.92. The van der Waals surface area contributed by atoms with E-state index in [1.165, 1.54) is 0 Å². The highest BCUT2D eigenvalue weighted by Crippen LogP contribution is 2.09. The van der Waals surface area contributed by atoms with Gasteiger partial charge in [0.1, 0.15) is 5.25 Å². The SMILES string of the molecule is O=S(O)[C@@H]1COC[C@H]1O. The number of rotatable bonds is 1. The van der Waals surface area contributed by atoms with Crippen molar-refractivity contribution in [2.24, 2.45) is 0 Å². The maximum Gasteiger partial charge on any atom is 0.161 e. The van der Waals surface area contributed by atoms with E-state index in [9.17, 15) is 4.21 Å². The van der Waals surface area contributed by atoms with Crippen LogP contribution >= 0.6 is 0 Å². The van der Waals surface area contributed by atoms with E-state index in [2.05, 4.69) is 0 Å². The van der Waals surface area contributed by atoms with Crippen molar-refractivity contribution in [3.05, 3.63) is 0 Å². The minimum Gasteiger partial charge on any atom is -0.389 e. The number of aliphatic hydroxyl groups is 1. The molecule has 9 heavy (non-hydrogen) atoms. The van der Waals surface area contributed by atoms with Crippen molar-refractivity contribution in [2.75, 3.05) is 13.2 Å². The van der Waals surface area contributed by atoms with Gasteiger partial charge in [-0.2, -0.15) is 0 Å². The molecular formula is C4H8O4S. The Morgan fingerprint density at radius 2 is 2.22 bits per heavy atom. The maximum absolute atomic E-state index is 10.3. The molecule has 4 nitrogen and oxygen atoms in total. The van der Waals surface area contributed by atoms with Gasteiger partial charge >= 0.3 is 0 Å². The van der Waals surface area contributed by atoms with E-state index in [-0.39, 0.29) is 13.2 Å². The van der Waals surface area contributed by atoms with E-state index < -0.39 is 22.4 Å². The Morgan fingerprint density at radius 1 is 1.56 bits per heavy atom. The molecule has 1 heterocycles. The molecule has 0 aliphatic carbocycles. The molecule has 0 aromatic heterocycles. The summed E-state index contributed by atoms with van der Waals surface area (Å²) in [6, 6.07) is 0. The number of ether oxygens (including phenoxy) is 1. The third-order valence-corrected chi connectivity index (χ3v) is 2.23. The van der Waals surface area contributed by atoms with Gasteiger partial charge in [0.2, 0.25) is 0 Å². The van der Waals surface area contributed by atoms with Crippen LogP contribution in [0.25, 0.3) is 0 Å². The van der Waals surface area contributed by atoms with Gasteiger partial charge in [0, 0.05) is 0 Å². The first kappa shape index (κ1) is 7.14. The Balaban J connectivity index is 2.49. The summed E-state index contributed by atoms with van der Waals surface area (Å²) in [6.07, 6.45) is -0.768. The zero-order valence-electron chi connectivity index (χ0n) is 4.69. The van der Waals surface area contributed by atoms with E-state index in [1.807, 2.05) is 0 Å². The smallest absolute Gasteiger partial charge is 0.161 e. The molecule has 1 saturated heterocycles. The van der Waals surface area contributed by atoms with Crippen molar-refractivity contribution >= 4 is 11.1 Å². The fraction of sp³-hybridized carbons (Fsp3) is 1.00. The summed E-state index contributed by atoms with van der Waals surface area (Å²) < 4.78 is 23.5. The lowest BCUT2D eigenvalue weighted by molar-refractivity contribution is 0.127. The second kappa shape index (κ2) is 2.74. The number of aliphatic hydroxyl groups excluding tert-OH is 1. The first-order valence-corrected chi connectivity index (χ1v) is 3.74. The highest BCUT2D eigenvalue weighted by Gasteiger charge is 2.30. The summed E-state index contributed by atoms with van der Waals surface area (Å²) in [7, 11) is 0. The van der Waals surface area contributed by atoms with Crippen LogP contribution in [-0.4, -0.2) is 38.4 Å². The van der Waals surface area contributed by atoms with E-state index >= 15 is 0 Å². The minimum atomic E-state index is -1.95. The zero-order valence-corrected chi connectivity index (χ0v) is 5.50. The molecule has 0 spiro atoms. The highest BCUT2D eigenvalue weighted by atomic mass is 32.2. The largest absolute Gasteiger partial charge is 0.389 e. The Hall–Kier alpha value is 0.0300. The van der Waals surface area contributed by atoms with Crippen LogP contribution < -0.4 is 0 Å². The quantitative estimate of drug-likeness (QED) is 0.471. The third kappa shape index (κ3) is 1.48. The van der Waals surface area contributed by atoms with Crippen molar-refractivity contribution in [3.63, 3.8) is 0 Å². The summed E-state index contributed by atoms with van der Waals surface area (Å²) >= 11 is -1.95. The predicted molar refractivity (Wildman–Crippen MR) is 31.4 cm³/mol. The third-order valence-electron chi connectivity index (χ3n) is 1.26. The van der Waals surface area contributed by atoms with E-state index in [4.69, 9.17) is 14.4 Å². The molecule has 1 rings (SSSR count). The standard InChI is InChI=1S/C4H8O4S/c5-3-1-8-2-4(3)9(6)7/h3-5H,1-2H2,(H,6,7)/t3-,4-/m1/s1. The molecule has 5 heteroatoms. The predicted octanol–water partition coefficient (Wildman–Crippen LogP) is -1.03. The zero-order chi connectivity index (χ0) is 6.85. The second-order valence-corrected chi connectivity index (χ2v) is 3.08. The van der Waals surface area contributed by atoms with Crippen molar-refractivity contribution in [2.45, 2.75) is 11.4 Å². The van der Waals surface area contributed by atoms with Crippen LogP contribution in [0.2, 0.25) is 0 Å². The van der Waals surface area contributed by atoms with Gasteiger partial charge < -0.3 is 14.4 Å². The lowest BCUT2D eigenvalue weighted by atomic mass is 10.3. The van der Waals surface area contributed by atoms with Crippen LogP contribution in [0.15, 0.2) is 0 Å². The monoisotopic (exact) mass is 152 g/mol. The maximum atomic E-state index is 10.3. The van der Waals surface area contributed by atoms with Gasteiger partial charge in [0.15, 0.2) is 11.1 Å². The van der Waals surface area contributed by atoms with Crippen molar-refractivity contribution in [3.8, 4) is 0 Å². The Morgan fingerprint density at radius 3 is 2.44 bits per heavy atom. The summed E-state index contributed by atoms with van der Waals surface area (Å²) in [4.78, 5) is 0. The highest BCUT2D eigenvalue weighted by molar-refractivity contribution is 7.80. The first-order valence-electron chi connectivity index (χ1n) is 2.57. The molecule has 1 fully saturated rings. The van der Waals surface area contributed by atoms with Crippen LogP contribution in [0.1, 0.15) is 0 Å². The molecule has 1 aliphatic heterocycles. The first-order chi connectivity index (χ1) is 4.22. The lowest BCUT2D eigenvalue weighted by Crippen LogP contribution is -2.27. The van der Waals surface area contributed by atoms with Crippen LogP contribution in [0.3, 0.4) is 0 Å². The molecule has 2 N–H and O–H groups in total. The average molecular weight is 152 g/mol. The van der Waals surface area contributed by atoms with Crippen LogP contribution in [0.4, 0.5) is 0 Å². The van der Waals surface area contributed by atoms with Gasteiger partial charge in [-0.3, -0.25) is 0 Å². The molecule has 0 saturated carbocycles. The molecule has 0 amide bonds. The minimum absolute atomic E-state index is 0.178. The van der Waals surface area contributed by atoms with Crippen LogP contribution in [0.5, 0.6) is 0 Å². The van der Waals surface area contributed by atoms with Gasteiger partial charge in [-0.05, 0) is 0 Å². The molecule has 1 aliphatic rings. The molecule has 0 radical (unpaired) electrons. The molecular weight excluding hydrogens is 144 g/mol. The van der Waals surface area contributed by atoms with E-state index in [1.54, 1.807) is 0 Å². The van der Waals surface area contributed by atoms with E-state index in [0.29, 0.717) is 0 Å². The Labute approximate surface area is 55.1 Å². The molecule has 1 unspecified atom stereocenters. The lowest BCUT2D eigenvalue weighted by Gasteiger charge is -2.04. The van der Waals surface area contributed by atoms with Crippen molar-refractivity contribution in [1.82, 2.24) is 0 Å². The molecule has 0 bridgehead atoms. The molecule has 0 aromatic carbocycles. The van der Waals surface area contributed by atoms with Gasteiger partial charge in [0.25, 0.3) is 0 Å². The number of hydrogen-bond acceptors (Lipinski definition) is 3. The summed E-state index contributed by atoms with van der Waals surface area (Å²) in [5.41, 5.74) is 0. The van der Waals surface area contributed by atoms with Gasteiger partial charge in [-0.25, -0.2) is 4.21 Å². The summed E-state index contributed by atoms with van der Waals surface area (Å²) in [6.45, 7) is 0.362. The molecule has 0 aromatic rings. The number of hydrogen-bond donors (Lipinski definition) is 2. The average Bonchev–Trinajstić information content (AvgIpc) is 2.13. The van der Waals surface area contributed by atoms with Crippen molar-refractivity contribution < 1.29 is 18.6 Å². The van der Waals surface area contributed by atoms with E-state index in [0.717, 1.165) is 0 Å². The normalized spacial score (nSPS) is 38.9. The Bertz CT molecular complexity index is 126. The topological polar surface area (TPSA) is 66.8 Å². The van der Waals surface area contributed by atoms with Crippen LogP contribution in [-0.2, 0) is 15.8 Å².